The smallest absolute Gasteiger partial charge is 0.348 e. The van der Waals surface area contributed by atoms with Crippen LogP contribution in [0.1, 0.15) is 20.1 Å². The summed E-state index contributed by atoms with van der Waals surface area (Å²) in [5, 5.41) is 4.00. The van der Waals surface area contributed by atoms with Gasteiger partial charge in [-0.15, -0.1) is 11.3 Å². The van der Waals surface area contributed by atoms with Crippen molar-refractivity contribution >= 4 is 40.5 Å². The van der Waals surface area contributed by atoms with Gasteiger partial charge in [-0.3, -0.25) is 0 Å². The molecule has 2 nitrogen and oxygen atoms in total. The summed E-state index contributed by atoms with van der Waals surface area (Å²) in [5.74, 6) is -0.270. The fourth-order valence-electron chi connectivity index (χ4n) is 4.37. The molecule has 0 unspecified atom stereocenters. The van der Waals surface area contributed by atoms with Gasteiger partial charge in [0.15, 0.2) is 0 Å². The second kappa shape index (κ2) is 12.3. The summed E-state index contributed by atoms with van der Waals surface area (Å²) in [7, 11) is -2.00. The van der Waals surface area contributed by atoms with Crippen LogP contribution in [0.2, 0.25) is 0 Å². The Kier molecular flexibility index (Phi) is 8.88. The minimum absolute atomic E-state index is 0. The van der Waals surface area contributed by atoms with Crippen molar-refractivity contribution in [2.75, 3.05) is 0 Å². The molecule has 1 heterocycles. The van der Waals surface area contributed by atoms with Crippen molar-refractivity contribution in [3.63, 3.8) is 0 Å². The first-order valence-electron chi connectivity index (χ1n) is 11.6. The van der Waals surface area contributed by atoms with E-state index < -0.39 is 7.26 Å². The molecule has 0 amide bonds. The topological polar surface area (TPSA) is 26.3 Å². The van der Waals surface area contributed by atoms with Crippen LogP contribution in [-0.2, 0) is 17.5 Å². The van der Waals surface area contributed by atoms with Crippen LogP contribution < -0.4 is 32.9 Å². The monoisotopic (exact) mass is 572 g/mol. The van der Waals surface area contributed by atoms with Gasteiger partial charge in [0.2, 0.25) is 0 Å². The Labute approximate surface area is 227 Å². The van der Waals surface area contributed by atoms with Gasteiger partial charge in [0.25, 0.3) is 0 Å². The second-order valence-corrected chi connectivity index (χ2v) is 13.0. The van der Waals surface area contributed by atoms with Crippen molar-refractivity contribution in [2.24, 2.45) is 0 Å². The molecule has 0 saturated heterocycles. The summed E-state index contributed by atoms with van der Waals surface area (Å²) >= 11 is 1.54. The molecule has 0 spiro atoms. The van der Waals surface area contributed by atoms with Gasteiger partial charge in [-0.05, 0) is 54.1 Å². The number of ether oxygens (including phenoxy) is 1. The fraction of sp³-hybridized carbons (Fsp3) is 0.0645. The zero-order valence-corrected chi connectivity index (χ0v) is 23.0. The number of esters is 1. The van der Waals surface area contributed by atoms with E-state index in [1.165, 1.54) is 20.8 Å². The summed E-state index contributed by atoms with van der Waals surface area (Å²) in [6.45, 7) is 0.280. The highest BCUT2D eigenvalue weighted by atomic mass is 79.9. The Morgan fingerprint density at radius 3 is 1.53 bits per heavy atom. The highest BCUT2D eigenvalue weighted by Crippen LogP contribution is 2.58. The van der Waals surface area contributed by atoms with Gasteiger partial charge in [-0.25, -0.2) is 4.79 Å². The summed E-state index contributed by atoms with van der Waals surface area (Å²) in [4.78, 5) is 14.6. The molecule has 0 bridgehead atoms. The lowest BCUT2D eigenvalue weighted by atomic mass is 10.2. The van der Waals surface area contributed by atoms with Crippen LogP contribution in [0.5, 0.6) is 0 Å². The molecule has 5 aromatic rings. The van der Waals surface area contributed by atoms with E-state index in [0.29, 0.717) is 4.88 Å². The highest BCUT2D eigenvalue weighted by Gasteiger charge is 2.45. The Morgan fingerprint density at radius 2 is 1.06 bits per heavy atom. The van der Waals surface area contributed by atoms with Crippen molar-refractivity contribution in [3.05, 3.63) is 149 Å². The van der Waals surface area contributed by atoms with E-state index in [9.17, 15) is 4.79 Å². The lowest BCUT2D eigenvalue weighted by Gasteiger charge is -2.27. The van der Waals surface area contributed by atoms with E-state index in [4.69, 9.17) is 4.74 Å². The molecule has 180 valence electrons. The standard InChI is InChI=1S/C31H26O2PS.BrH/c32-31(33-23-25-13-5-1-6-14-25)30-22-21-29(35-30)24-34(26-15-7-2-8-16-26,27-17-9-3-10-18-27)28-19-11-4-12-20-28;/h1-22H,23-24H2;1H/q+1;/p-1. The first-order chi connectivity index (χ1) is 17.3. The zero-order chi connectivity index (χ0) is 23.9. The van der Waals surface area contributed by atoms with Gasteiger partial charge in [0, 0.05) is 4.88 Å². The molecule has 0 aliphatic heterocycles. The number of halogens is 1. The van der Waals surface area contributed by atoms with Crippen LogP contribution in [0.15, 0.2) is 133 Å². The van der Waals surface area contributed by atoms with Gasteiger partial charge in [0.05, 0.1) is 0 Å². The largest absolute Gasteiger partial charge is 1.00 e. The van der Waals surface area contributed by atoms with Crippen LogP contribution in [0.25, 0.3) is 0 Å². The minimum Gasteiger partial charge on any atom is -1.00 e. The molecule has 5 heteroatoms. The van der Waals surface area contributed by atoms with Crippen LogP contribution in [-0.4, -0.2) is 5.97 Å². The van der Waals surface area contributed by atoms with E-state index in [2.05, 4.69) is 97.1 Å². The molecule has 4 aromatic carbocycles. The maximum atomic E-state index is 12.8. The highest BCUT2D eigenvalue weighted by molar-refractivity contribution is 7.95. The molecule has 0 aliphatic rings. The first kappa shape index (κ1) is 26.0. The molecule has 1 aromatic heterocycles. The predicted molar refractivity (Wildman–Crippen MR) is 149 cm³/mol. The van der Waals surface area contributed by atoms with Crippen molar-refractivity contribution in [2.45, 2.75) is 12.8 Å². The molecule has 0 atom stereocenters. The Bertz CT molecular complexity index is 1280. The minimum atomic E-state index is -2.00. The molecule has 0 aliphatic carbocycles. The number of benzene rings is 4. The van der Waals surface area contributed by atoms with Crippen LogP contribution in [0.3, 0.4) is 0 Å². The van der Waals surface area contributed by atoms with Crippen molar-refractivity contribution in [3.8, 4) is 0 Å². The average Bonchev–Trinajstić information content (AvgIpc) is 3.41. The summed E-state index contributed by atoms with van der Waals surface area (Å²) < 4.78 is 5.59. The van der Waals surface area contributed by atoms with Crippen LogP contribution in [0.4, 0.5) is 0 Å². The molecule has 0 fully saturated rings. The molecule has 36 heavy (non-hydrogen) atoms. The van der Waals surface area contributed by atoms with E-state index in [0.717, 1.165) is 11.7 Å². The van der Waals surface area contributed by atoms with Gasteiger partial charge < -0.3 is 21.7 Å². The second-order valence-electron chi connectivity index (χ2n) is 8.30. The third kappa shape index (κ3) is 5.68. The number of rotatable bonds is 8. The number of thiophene rings is 1. The summed E-state index contributed by atoms with van der Waals surface area (Å²) in [6, 6.07) is 46.2. The molecule has 0 radical (unpaired) electrons. The van der Waals surface area contributed by atoms with E-state index in [1.54, 1.807) is 11.3 Å². The number of carbonyl (C=O) groups excluding carboxylic acids is 1. The maximum Gasteiger partial charge on any atom is 0.348 e. The normalized spacial score (nSPS) is 10.9. The van der Waals surface area contributed by atoms with Gasteiger partial charge >= 0.3 is 5.97 Å². The first-order valence-corrected chi connectivity index (χ1v) is 14.4. The quantitative estimate of drug-likeness (QED) is 0.210. The average molecular weight is 573 g/mol. The summed E-state index contributed by atoms with van der Waals surface area (Å²) in [6.07, 6.45) is 0.849. The molecular weight excluding hydrogens is 547 g/mol. The molecule has 0 saturated carbocycles. The predicted octanol–water partition coefficient (Wildman–Crippen LogP) is 3.60. The van der Waals surface area contributed by atoms with E-state index >= 15 is 0 Å². The van der Waals surface area contributed by atoms with Gasteiger partial charge in [-0.2, -0.15) is 0 Å². The van der Waals surface area contributed by atoms with Crippen molar-refractivity contribution in [1.29, 1.82) is 0 Å². The molecular formula is C31H26BrO2PS. The summed E-state index contributed by atoms with van der Waals surface area (Å²) in [5.41, 5.74) is 0.986. The number of hydrogen-bond donors (Lipinski definition) is 0. The van der Waals surface area contributed by atoms with Crippen molar-refractivity contribution < 1.29 is 26.5 Å². The Morgan fingerprint density at radius 1 is 0.611 bits per heavy atom. The van der Waals surface area contributed by atoms with E-state index in [1.807, 2.05) is 36.4 Å². The van der Waals surface area contributed by atoms with Crippen molar-refractivity contribution in [1.82, 2.24) is 0 Å². The van der Waals surface area contributed by atoms with Crippen LogP contribution in [0, 0.1) is 0 Å². The fourth-order valence-corrected chi connectivity index (χ4v) is 9.96. The Balaban J connectivity index is 0.00000304. The zero-order valence-electron chi connectivity index (χ0n) is 19.7. The van der Waals surface area contributed by atoms with E-state index in [-0.39, 0.29) is 29.6 Å². The van der Waals surface area contributed by atoms with Gasteiger partial charge in [-0.1, -0.05) is 84.9 Å². The third-order valence-corrected chi connectivity index (χ3v) is 11.7. The lowest BCUT2D eigenvalue weighted by Crippen LogP contribution is -3.00. The SMILES string of the molecule is O=C(OCc1ccccc1)c1ccc(C[P+](c2ccccc2)(c2ccccc2)c2ccccc2)s1.[Br-]. The van der Waals surface area contributed by atoms with Crippen LogP contribution >= 0.6 is 18.6 Å². The third-order valence-electron chi connectivity index (χ3n) is 6.06. The Hall–Kier alpha value is -3.04. The number of hydrogen-bond acceptors (Lipinski definition) is 3. The number of carbonyl (C=O) groups is 1. The molecule has 5 rings (SSSR count). The lowest BCUT2D eigenvalue weighted by molar-refractivity contribution is -0.0000249. The van der Waals surface area contributed by atoms with Gasteiger partial charge in [0.1, 0.15) is 40.8 Å². The maximum absolute atomic E-state index is 12.8. The molecule has 0 N–H and O–H groups in total.